The standard InChI is InChI=1S/C18H16N2O2.C2H3N.3C2H6/c1-13-17(21-15-9-5-3-6-10-15)19-14(2)20-18(13)22-16-11-7-4-8-12-16;1-3-2;3*1-2/h3-12H,1-2H3;1H3;3*1-2H3. The lowest BCUT2D eigenvalue weighted by Gasteiger charge is -2.12. The zero-order valence-corrected chi connectivity index (χ0v) is 20.4. The van der Waals surface area contributed by atoms with Gasteiger partial charge in [-0.2, -0.15) is 9.97 Å². The molecule has 0 spiro atoms. The van der Waals surface area contributed by atoms with Crippen LogP contribution in [0.25, 0.3) is 4.85 Å². The summed E-state index contributed by atoms with van der Waals surface area (Å²) < 4.78 is 11.7. The summed E-state index contributed by atoms with van der Waals surface area (Å²) in [5.74, 6) is 3.07. The molecule has 5 nitrogen and oxygen atoms in total. The van der Waals surface area contributed by atoms with E-state index in [1.807, 2.05) is 116 Å². The van der Waals surface area contributed by atoms with Crippen molar-refractivity contribution in [3.63, 3.8) is 0 Å². The molecule has 0 radical (unpaired) electrons. The average Bonchev–Trinajstić information content (AvgIpc) is 2.83. The minimum Gasteiger partial charge on any atom is -0.438 e. The fraction of sp³-hybridized carbons (Fsp3) is 0.346. The molecule has 0 aliphatic rings. The monoisotopic (exact) mass is 423 g/mol. The van der Waals surface area contributed by atoms with Gasteiger partial charge in [0.05, 0.1) is 5.56 Å². The average molecular weight is 424 g/mol. The van der Waals surface area contributed by atoms with Gasteiger partial charge in [-0.3, -0.25) is 0 Å². The maximum Gasteiger partial charge on any atom is 0.229 e. The highest BCUT2D eigenvalue weighted by molar-refractivity contribution is 5.39. The zero-order chi connectivity index (χ0) is 24.1. The lowest BCUT2D eigenvalue weighted by atomic mass is 10.3. The van der Waals surface area contributed by atoms with Gasteiger partial charge in [0.1, 0.15) is 17.3 Å². The van der Waals surface area contributed by atoms with E-state index >= 15 is 0 Å². The van der Waals surface area contributed by atoms with E-state index in [-0.39, 0.29) is 0 Å². The van der Waals surface area contributed by atoms with Crippen molar-refractivity contribution >= 4 is 0 Å². The third-order valence-corrected chi connectivity index (χ3v) is 3.08. The van der Waals surface area contributed by atoms with Crippen molar-refractivity contribution in [1.82, 2.24) is 9.97 Å². The van der Waals surface area contributed by atoms with Gasteiger partial charge in [0, 0.05) is 0 Å². The van der Waals surface area contributed by atoms with Gasteiger partial charge < -0.3 is 14.3 Å². The quantitative estimate of drug-likeness (QED) is 0.396. The van der Waals surface area contributed by atoms with E-state index in [0.717, 1.165) is 17.1 Å². The molecule has 168 valence electrons. The SMILES string of the molecule is CC.CC.CC.Cc1nc(Oc2ccccc2)c(C)c(Oc2ccccc2)n1.[C-]#[N+]C. The predicted molar refractivity (Wildman–Crippen MR) is 131 cm³/mol. The Morgan fingerprint density at radius 2 is 0.935 bits per heavy atom. The zero-order valence-electron chi connectivity index (χ0n) is 20.4. The minimum atomic E-state index is 0.504. The summed E-state index contributed by atoms with van der Waals surface area (Å²) in [6, 6.07) is 19.1. The summed E-state index contributed by atoms with van der Waals surface area (Å²) in [5, 5.41) is 0. The second-order valence-corrected chi connectivity index (χ2v) is 5.06. The maximum absolute atomic E-state index is 5.84. The number of nitrogens with zero attached hydrogens (tertiary/aromatic N) is 3. The number of hydrogen-bond acceptors (Lipinski definition) is 4. The van der Waals surface area contributed by atoms with E-state index in [0.29, 0.717) is 17.6 Å². The number of aryl methyl sites for hydroxylation is 1. The first-order chi connectivity index (χ1) is 15.1. The van der Waals surface area contributed by atoms with Gasteiger partial charge in [-0.25, -0.2) is 6.57 Å². The Morgan fingerprint density at radius 1 is 0.645 bits per heavy atom. The topological polar surface area (TPSA) is 48.6 Å². The van der Waals surface area contributed by atoms with Crippen LogP contribution in [0.2, 0.25) is 0 Å². The molecule has 3 aromatic rings. The van der Waals surface area contributed by atoms with Crippen LogP contribution in [-0.2, 0) is 0 Å². The molecule has 0 saturated carbocycles. The fourth-order valence-corrected chi connectivity index (χ4v) is 1.98. The Morgan fingerprint density at radius 3 is 1.23 bits per heavy atom. The molecule has 1 heterocycles. The summed E-state index contributed by atoms with van der Waals surface area (Å²) in [6.07, 6.45) is 0. The van der Waals surface area contributed by atoms with E-state index in [2.05, 4.69) is 14.8 Å². The Labute approximate surface area is 188 Å². The minimum absolute atomic E-state index is 0.504. The molecule has 0 N–H and O–H groups in total. The third-order valence-electron chi connectivity index (χ3n) is 3.08. The molecule has 0 fully saturated rings. The van der Waals surface area contributed by atoms with Crippen LogP contribution < -0.4 is 9.47 Å². The lowest BCUT2D eigenvalue weighted by Crippen LogP contribution is -2.00. The number of para-hydroxylation sites is 2. The van der Waals surface area contributed by atoms with Gasteiger partial charge in [-0.05, 0) is 38.1 Å². The van der Waals surface area contributed by atoms with Crippen LogP contribution in [0.5, 0.6) is 23.3 Å². The Hall–Kier alpha value is -3.39. The second kappa shape index (κ2) is 19.9. The van der Waals surface area contributed by atoms with Gasteiger partial charge in [0.25, 0.3) is 0 Å². The van der Waals surface area contributed by atoms with Crippen molar-refractivity contribution in [3.05, 3.63) is 83.5 Å². The maximum atomic E-state index is 5.84. The van der Waals surface area contributed by atoms with Crippen molar-refractivity contribution in [2.75, 3.05) is 7.05 Å². The fourth-order valence-electron chi connectivity index (χ4n) is 1.98. The predicted octanol–water partition coefficient (Wildman–Crippen LogP) is 8.29. The molecule has 31 heavy (non-hydrogen) atoms. The molecular formula is C26H37N3O2. The van der Waals surface area contributed by atoms with Gasteiger partial charge in [-0.15, -0.1) is 0 Å². The molecule has 0 unspecified atom stereocenters. The van der Waals surface area contributed by atoms with Gasteiger partial charge in [-0.1, -0.05) is 77.9 Å². The van der Waals surface area contributed by atoms with E-state index in [4.69, 9.17) is 16.0 Å². The summed E-state index contributed by atoms with van der Waals surface area (Å²) in [6.45, 7) is 21.5. The molecule has 0 aliphatic heterocycles. The van der Waals surface area contributed by atoms with Crippen LogP contribution >= 0.6 is 0 Å². The highest BCUT2D eigenvalue weighted by Gasteiger charge is 2.13. The van der Waals surface area contributed by atoms with Gasteiger partial charge in [0.2, 0.25) is 18.8 Å². The first kappa shape index (κ1) is 29.8. The molecule has 3 rings (SSSR count). The van der Waals surface area contributed by atoms with E-state index in [1.54, 1.807) is 0 Å². The molecule has 2 aromatic carbocycles. The van der Waals surface area contributed by atoms with Gasteiger partial charge >= 0.3 is 0 Å². The summed E-state index contributed by atoms with van der Waals surface area (Å²) in [7, 11) is 1.42. The Kier molecular flexibility index (Phi) is 19.1. The highest BCUT2D eigenvalue weighted by atomic mass is 16.5. The summed E-state index contributed by atoms with van der Waals surface area (Å²) in [4.78, 5) is 11.5. The second-order valence-electron chi connectivity index (χ2n) is 5.06. The number of rotatable bonds is 4. The number of ether oxygens (including phenoxy) is 2. The molecule has 5 heteroatoms. The smallest absolute Gasteiger partial charge is 0.229 e. The molecule has 0 saturated heterocycles. The van der Waals surface area contributed by atoms with Crippen molar-refractivity contribution in [3.8, 4) is 23.3 Å². The lowest BCUT2D eigenvalue weighted by molar-refractivity contribution is 0.424. The molecule has 0 aliphatic carbocycles. The first-order valence-corrected chi connectivity index (χ1v) is 10.7. The molecular weight excluding hydrogens is 386 g/mol. The number of hydrogen-bond donors (Lipinski definition) is 0. The normalized spacial score (nSPS) is 8.13. The van der Waals surface area contributed by atoms with Crippen LogP contribution in [0.3, 0.4) is 0 Å². The van der Waals surface area contributed by atoms with Crippen molar-refractivity contribution in [2.24, 2.45) is 0 Å². The third kappa shape index (κ3) is 12.0. The van der Waals surface area contributed by atoms with Crippen LogP contribution in [0.15, 0.2) is 60.7 Å². The van der Waals surface area contributed by atoms with Crippen molar-refractivity contribution in [1.29, 1.82) is 0 Å². The molecule has 0 bridgehead atoms. The number of aromatic nitrogens is 2. The van der Waals surface area contributed by atoms with E-state index in [9.17, 15) is 0 Å². The van der Waals surface area contributed by atoms with Crippen LogP contribution in [0.1, 0.15) is 52.9 Å². The largest absolute Gasteiger partial charge is 0.438 e. The summed E-state index contributed by atoms with van der Waals surface area (Å²) >= 11 is 0. The molecule has 1 aromatic heterocycles. The first-order valence-electron chi connectivity index (χ1n) is 10.7. The van der Waals surface area contributed by atoms with Crippen molar-refractivity contribution in [2.45, 2.75) is 55.4 Å². The molecule has 0 amide bonds. The highest BCUT2D eigenvalue weighted by Crippen LogP contribution is 2.30. The van der Waals surface area contributed by atoms with Crippen LogP contribution in [0, 0.1) is 20.4 Å². The van der Waals surface area contributed by atoms with Gasteiger partial charge in [0.15, 0.2) is 0 Å². The molecule has 0 atom stereocenters. The van der Waals surface area contributed by atoms with Crippen molar-refractivity contribution < 1.29 is 9.47 Å². The van der Waals surface area contributed by atoms with E-state index in [1.165, 1.54) is 7.05 Å². The van der Waals surface area contributed by atoms with Crippen LogP contribution in [-0.4, -0.2) is 17.0 Å². The van der Waals surface area contributed by atoms with E-state index < -0.39 is 0 Å². The Balaban J connectivity index is 0. The van der Waals surface area contributed by atoms with Crippen LogP contribution in [0.4, 0.5) is 0 Å². The summed E-state index contributed by atoms with van der Waals surface area (Å²) in [5.41, 5.74) is 0.762. The Bertz CT molecular complexity index is 783. The number of benzene rings is 2.